The second-order valence-electron chi connectivity index (χ2n) is 8.36. The summed E-state index contributed by atoms with van der Waals surface area (Å²) in [5.41, 5.74) is 5.24. The molecule has 4 atom stereocenters. The SMILES string of the molecule is COCC1(COC)C[C@@H]2[C@@H](c3ccccc3)[C@H]3CCC(C)=C3[C@@H]2C1. The van der Waals surface area contributed by atoms with Crippen molar-refractivity contribution >= 4 is 0 Å². The minimum atomic E-state index is 0.201. The highest BCUT2D eigenvalue weighted by atomic mass is 16.5. The van der Waals surface area contributed by atoms with Gasteiger partial charge in [0.05, 0.1) is 13.2 Å². The van der Waals surface area contributed by atoms with Gasteiger partial charge in [0, 0.05) is 19.6 Å². The molecule has 2 fully saturated rings. The zero-order valence-corrected chi connectivity index (χ0v) is 15.3. The second-order valence-corrected chi connectivity index (χ2v) is 8.36. The van der Waals surface area contributed by atoms with Crippen LogP contribution < -0.4 is 0 Å². The molecule has 2 saturated carbocycles. The van der Waals surface area contributed by atoms with Gasteiger partial charge in [0.2, 0.25) is 0 Å². The summed E-state index contributed by atoms with van der Waals surface area (Å²) in [4.78, 5) is 0. The number of rotatable bonds is 5. The number of fused-ring (bicyclic) bond motifs is 3. The average molecular weight is 326 g/mol. The van der Waals surface area contributed by atoms with E-state index in [1.54, 1.807) is 11.1 Å². The Kier molecular flexibility index (Phi) is 4.30. The molecule has 0 bridgehead atoms. The molecule has 0 saturated heterocycles. The van der Waals surface area contributed by atoms with E-state index < -0.39 is 0 Å². The van der Waals surface area contributed by atoms with Crippen LogP contribution >= 0.6 is 0 Å². The Hall–Kier alpha value is -1.12. The maximum absolute atomic E-state index is 5.63. The highest BCUT2D eigenvalue weighted by Crippen LogP contribution is 2.66. The summed E-state index contributed by atoms with van der Waals surface area (Å²) in [7, 11) is 3.67. The van der Waals surface area contributed by atoms with Crippen LogP contribution in [0.15, 0.2) is 41.5 Å². The van der Waals surface area contributed by atoms with E-state index in [0.717, 1.165) is 31.0 Å². The Bertz CT molecular complexity index is 612. The predicted octanol–water partition coefficient (Wildman–Crippen LogP) is 4.82. The topological polar surface area (TPSA) is 18.5 Å². The van der Waals surface area contributed by atoms with Gasteiger partial charge in [-0.05, 0) is 61.8 Å². The Morgan fingerprint density at radius 1 is 1.00 bits per heavy atom. The molecule has 0 unspecified atom stereocenters. The lowest BCUT2D eigenvalue weighted by Crippen LogP contribution is -2.30. The molecule has 2 heteroatoms. The molecule has 0 aromatic heterocycles. The third kappa shape index (κ3) is 2.46. The largest absolute Gasteiger partial charge is 0.384 e. The lowest BCUT2D eigenvalue weighted by atomic mass is 9.77. The maximum atomic E-state index is 5.63. The molecule has 0 amide bonds. The van der Waals surface area contributed by atoms with Crippen molar-refractivity contribution in [3.8, 4) is 0 Å². The lowest BCUT2D eigenvalue weighted by Gasteiger charge is -2.31. The van der Waals surface area contributed by atoms with Gasteiger partial charge in [0.15, 0.2) is 0 Å². The number of allylic oxidation sites excluding steroid dienone is 2. The van der Waals surface area contributed by atoms with Crippen LogP contribution in [0, 0.1) is 23.2 Å². The molecule has 130 valence electrons. The molecule has 0 heterocycles. The minimum Gasteiger partial charge on any atom is -0.384 e. The Balaban J connectivity index is 1.72. The quantitative estimate of drug-likeness (QED) is 0.723. The van der Waals surface area contributed by atoms with Gasteiger partial charge in [-0.25, -0.2) is 0 Å². The van der Waals surface area contributed by atoms with E-state index in [2.05, 4.69) is 37.3 Å². The summed E-state index contributed by atoms with van der Waals surface area (Å²) in [5, 5.41) is 0. The molecular formula is C22H30O2. The third-order valence-electron chi connectivity index (χ3n) is 6.94. The lowest BCUT2D eigenvalue weighted by molar-refractivity contribution is 0.00887. The van der Waals surface area contributed by atoms with Crippen LogP contribution in [0.5, 0.6) is 0 Å². The highest BCUT2D eigenvalue weighted by molar-refractivity contribution is 5.39. The van der Waals surface area contributed by atoms with Gasteiger partial charge >= 0.3 is 0 Å². The zero-order chi connectivity index (χ0) is 16.7. The first-order valence-electron chi connectivity index (χ1n) is 9.41. The highest BCUT2D eigenvalue weighted by Gasteiger charge is 2.57. The van der Waals surface area contributed by atoms with Crippen molar-refractivity contribution in [2.75, 3.05) is 27.4 Å². The van der Waals surface area contributed by atoms with Crippen molar-refractivity contribution in [1.82, 2.24) is 0 Å². The van der Waals surface area contributed by atoms with E-state index in [0.29, 0.717) is 5.92 Å². The monoisotopic (exact) mass is 326 g/mol. The molecule has 1 aromatic rings. The number of benzene rings is 1. The van der Waals surface area contributed by atoms with E-state index >= 15 is 0 Å². The summed E-state index contributed by atoms with van der Waals surface area (Å²) >= 11 is 0. The van der Waals surface area contributed by atoms with Crippen LogP contribution in [0.3, 0.4) is 0 Å². The predicted molar refractivity (Wildman–Crippen MR) is 97.0 cm³/mol. The van der Waals surface area contributed by atoms with Gasteiger partial charge in [-0.15, -0.1) is 0 Å². The van der Waals surface area contributed by atoms with E-state index in [9.17, 15) is 0 Å². The second kappa shape index (κ2) is 6.31. The summed E-state index contributed by atoms with van der Waals surface area (Å²) in [5.74, 6) is 2.98. The van der Waals surface area contributed by atoms with Gasteiger partial charge in [0.25, 0.3) is 0 Å². The van der Waals surface area contributed by atoms with Crippen LogP contribution in [0.4, 0.5) is 0 Å². The van der Waals surface area contributed by atoms with Gasteiger partial charge in [-0.3, -0.25) is 0 Å². The van der Waals surface area contributed by atoms with Crippen molar-refractivity contribution in [3.05, 3.63) is 47.0 Å². The average Bonchev–Trinajstić information content (AvgIpc) is 3.19. The molecule has 0 aliphatic heterocycles. The van der Waals surface area contributed by atoms with Crippen molar-refractivity contribution in [2.24, 2.45) is 23.2 Å². The van der Waals surface area contributed by atoms with E-state index in [1.165, 1.54) is 25.7 Å². The summed E-state index contributed by atoms with van der Waals surface area (Å²) in [6, 6.07) is 11.3. The molecule has 1 aromatic carbocycles. The van der Waals surface area contributed by atoms with Crippen LogP contribution in [0.25, 0.3) is 0 Å². The molecule has 0 radical (unpaired) electrons. The molecule has 0 spiro atoms. The summed E-state index contributed by atoms with van der Waals surface area (Å²) < 4.78 is 11.3. The van der Waals surface area contributed by atoms with Crippen LogP contribution in [0.2, 0.25) is 0 Å². The first-order chi connectivity index (χ1) is 11.7. The normalized spacial score (nSPS) is 33.8. The van der Waals surface area contributed by atoms with Gasteiger partial charge in [0.1, 0.15) is 0 Å². The van der Waals surface area contributed by atoms with Crippen LogP contribution in [0.1, 0.15) is 44.1 Å². The summed E-state index contributed by atoms with van der Waals surface area (Å²) in [6.07, 6.45) is 5.14. The number of hydrogen-bond donors (Lipinski definition) is 0. The van der Waals surface area contributed by atoms with Crippen LogP contribution in [-0.2, 0) is 9.47 Å². The Morgan fingerprint density at radius 3 is 2.38 bits per heavy atom. The standard InChI is InChI=1S/C22H30O2/c1-15-9-10-17-20(15)18-11-22(13-23-2,14-24-3)12-19(18)21(17)16-7-5-4-6-8-16/h4-8,17-19,21H,9-14H2,1-3H3/t17-,18+,19-,21-/m0/s1. The van der Waals surface area contributed by atoms with E-state index in [1.807, 2.05) is 19.8 Å². The molecule has 4 rings (SSSR count). The number of methoxy groups -OCH3 is 2. The molecule has 0 N–H and O–H groups in total. The first-order valence-corrected chi connectivity index (χ1v) is 9.41. The number of hydrogen-bond acceptors (Lipinski definition) is 2. The first kappa shape index (κ1) is 16.4. The molecule has 24 heavy (non-hydrogen) atoms. The van der Waals surface area contributed by atoms with Crippen molar-refractivity contribution < 1.29 is 9.47 Å². The van der Waals surface area contributed by atoms with E-state index in [4.69, 9.17) is 9.47 Å². The Morgan fingerprint density at radius 2 is 1.71 bits per heavy atom. The summed E-state index contributed by atoms with van der Waals surface area (Å²) in [6.45, 7) is 4.03. The molecular weight excluding hydrogens is 296 g/mol. The number of ether oxygens (including phenoxy) is 2. The minimum absolute atomic E-state index is 0.201. The van der Waals surface area contributed by atoms with Crippen molar-refractivity contribution in [3.63, 3.8) is 0 Å². The molecule has 2 nitrogen and oxygen atoms in total. The fourth-order valence-electron chi connectivity index (χ4n) is 6.36. The zero-order valence-electron chi connectivity index (χ0n) is 15.3. The smallest absolute Gasteiger partial charge is 0.0541 e. The maximum Gasteiger partial charge on any atom is 0.0541 e. The van der Waals surface area contributed by atoms with Crippen molar-refractivity contribution in [1.29, 1.82) is 0 Å². The Labute approximate surface area is 146 Å². The van der Waals surface area contributed by atoms with E-state index in [-0.39, 0.29) is 5.41 Å². The van der Waals surface area contributed by atoms with Crippen molar-refractivity contribution in [2.45, 2.75) is 38.5 Å². The van der Waals surface area contributed by atoms with Crippen LogP contribution in [-0.4, -0.2) is 27.4 Å². The third-order valence-corrected chi connectivity index (χ3v) is 6.94. The fraction of sp³-hybridized carbons (Fsp3) is 0.636. The van der Waals surface area contributed by atoms with Gasteiger partial charge < -0.3 is 9.47 Å². The fourth-order valence-corrected chi connectivity index (χ4v) is 6.36. The van der Waals surface area contributed by atoms with Gasteiger partial charge in [-0.1, -0.05) is 41.5 Å². The molecule has 3 aliphatic carbocycles. The van der Waals surface area contributed by atoms with Gasteiger partial charge in [-0.2, -0.15) is 0 Å². The molecule has 3 aliphatic rings.